The zero-order valence-corrected chi connectivity index (χ0v) is 73.1. The van der Waals surface area contributed by atoms with Gasteiger partial charge >= 0.3 is 0 Å². The largest absolute Gasteiger partial charge is 0.489 e. The third-order valence-electron chi connectivity index (χ3n) is 22.0. The quantitative estimate of drug-likeness (QED) is 0.0762. The lowest BCUT2D eigenvalue weighted by atomic mass is 10.0. The second-order valence-electron chi connectivity index (χ2n) is 31.7. The molecule has 130 heavy (non-hydrogen) atoms. The van der Waals surface area contributed by atoms with Crippen molar-refractivity contribution in [2.75, 3.05) is 78.8 Å². The zero-order valence-electron chi connectivity index (χ0n) is 71.5. The van der Waals surface area contributed by atoms with Crippen molar-refractivity contribution < 1.29 is 102 Å². The molecule has 5 aromatic carbocycles. The minimum atomic E-state index is -3.15. The number of carbonyl (C=O) groups is 6. The van der Waals surface area contributed by atoms with E-state index < -0.39 is 49.6 Å². The summed E-state index contributed by atoms with van der Waals surface area (Å²) in [6.07, 6.45) is 21.7. The van der Waals surface area contributed by atoms with Crippen LogP contribution in [0.2, 0.25) is 0 Å². The number of carbonyl (C=O) groups excluding carboxylic acids is 6. The van der Waals surface area contributed by atoms with Crippen LogP contribution in [-0.4, -0.2) is 183 Å². The molecule has 0 radical (unpaired) electrons. The highest BCUT2D eigenvalue weighted by Gasteiger charge is 2.36. The maximum atomic E-state index is 11.8. The van der Waals surface area contributed by atoms with Crippen LogP contribution in [0.15, 0.2) is 183 Å². The molecule has 37 heteroatoms. The van der Waals surface area contributed by atoms with Gasteiger partial charge in [0.1, 0.15) is 68.9 Å². The Balaban J connectivity index is 0.000000131. The van der Waals surface area contributed by atoms with Gasteiger partial charge < -0.3 is 88.7 Å². The minimum Gasteiger partial charge on any atom is -0.489 e. The number of pyridine rings is 5. The third kappa shape index (κ3) is 22.9. The first kappa shape index (κ1) is 91.4. The lowest BCUT2D eigenvalue weighted by molar-refractivity contribution is -0.131. The average molecular weight is 1810 g/mol. The van der Waals surface area contributed by atoms with Crippen molar-refractivity contribution in [3.05, 3.63) is 256 Å². The lowest BCUT2D eigenvalue weighted by Gasteiger charge is -2.32. The van der Waals surface area contributed by atoms with Gasteiger partial charge in [0, 0.05) is 150 Å². The Kier molecular flexibility index (Phi) is 28.7. The van der Waals surface area contributed by atoms with E-state index in [1.54, 1.807) is 176 Å². The second kappa shape index (κ2) is 40.8. The molecule has 6 amide bonds. The molecule has 10 aromatic rings. The number of hydrogen-bond donors (Lipinski definition) is 3. The Morgan fingerprint density at radius 3 is 1.15 bits per heavy atom. The second-order valence-corrected chi connectivity index (χ2v) is 35.9. The summed E-state index contributed by atoms with van der Waals surface area (Å²) in [4.78, 5) is 95.8. The standard InChI is InChI=1S/C21H23N3O5.C21H21N3O4.C19H19N3O4.C16H16N2O5S.C16H14N2O4S/c1-13(25)24-7-3-4-15(11-24)28-16-8-14(9-23-10-16)19-12-27-20-17(21(22)26)5-2-6-18(20)29-19;1-14(25)24-7-5-17(6-8-24)27-18-9-16(11-23-12-18)20-13-26-21-15(10-22)3-2-4-19(21)28-20;1-22-14(5-6-17(22)23)11-7-12(9-21-8-11)16-10-25-18-13(19(20)24)3-2-4-15(18)26-16;1-24(20,21)9-10-5-11(7-18-6-10)14-8-22-15-12(16(17)19)3-2-4-13(15)23-14;1-23(19,20)10-11-5-13(8-18-7-11)15-9-21-16-12(6-17)3-2-4-14(16)22-15/h2,5-6,8-10,15,19H,3-4,7,11-12H2,1H3,(H2,22,26);2-4,9,11-12,17,20H,5-8,13H2,1H3;2-4,7-9,14,16H,5-6,10H2,1H3,(H2,20,24);2-7,14H,8-9H2,1H3,(H2,17,19);2-5,7-8,15H,9-10H2,1H3/t15-,19?;;;;/m1..../s1. The lowest BCUT2D eigenvalue weighted by Crippen LogP contribution is -2.43. The number of nitriles is 2. The molecule has 6 N–H and O–H groups in total. The van der Waals surface area contributed by atoms with Crippen molar-refractivity contribution >= 4 is 55.1 Å². The number of fused-ring (bicyclic) bond motifs is 5. The van der Waals surface area contributed by atoms with Crippen molar-refractivity contribution in [3.63, 3.8) is 0 Å². The Hall–Kier alpha value is -14.9. The monoisotopic (exact) mass is 1810 g/mol. The van der Waals surface area contributed by atoms with Crippen molar-refractivity contribution in [1.29, 1.82) is 10.5 Å². The van der Waals surface area contributed by atoms with Crippen LogP contribution in [0, 0.1) is 22.7 Å². The topological polar surface area (TPSA) is 481 Å². The fraction of sp³-hybridized carbons (Fsp3) is 0.323. The van der Waals surface area contributed by atoms with Gasteiger partial charge in [0.05, 0.1) is 64.3 Å². The zero-order chi connectivity index (χ0) is 91.9. The van der Waals surface area contributed by atoms with Gasteiger partial charge in [0.15, 0.2) is 108 Å². The molecule has 6 unspecified atom stereocenters. The average Bonchev–Trinajstić information content (AvgIpc) is 1.28. The molecule has 0 bridgehead atoms. The summed E-state index contributed by atoms with van der Waals surface area (Å²) >= 11 is 0. The minimum absolute atomic E-state index is 0.0354. The van der Waals surface area contributed by atoms with E-state index in [9.17, 15) is 50.9 Å². The van der Waals surface area contributed by atoms with E-state index in [4.69, 9.17) is 79.3 Å². The summed E-state index contributed by atoms with van der Waals surface area (Å²) in [7, 11) is -4.47. The van der Waals surface area contributed by atoms with Gasteiger partial charge in [-0.1, -0.05) is 30.3 Å². The summed E-state index contributed by atoms with van der Waals surface area (Å²) in [5, 5.41) is 18.3. The number of ether oxygens (including phenoxy) is 12. The van der Waals surface area contributed by atoms with Crippen LogP contribution in [0.5, 0.6) is 69.0 Å². The number of para-hydroxylation sites is 5. The van der Waals surface area contributed by atoms with Gasteiger partial charge in [-0.15, -0.1) is 0 Å². The predicted molar refractivity (Wildman–Crippen MR) is 466 cm³/mol. The van der Waals surface area contributed by atoms with Gasteiger partial charge in [-0.2, -0.15) is 10.5 Å². The number of benzene rings is 5. The maximum absolute atomic E-state index is 11.8. The van der Waals surface area contributed by atoms with Crippen LogP contribution in [0.4, 0.5) is 0 Å². The van der Waals surface area contributed by atoms with Crippen molar-refractivity contribution in [2.45, 2.75) is 113 Å². The molecule has 18 rings (SSSR count). The van der Waals surface area contributed by atoms with Crippen LogP contribution in [0.25, 0.3) is 0 Å². The smallest absolute Gasteiger partial charge is 0.252 e. The van der Waals surface area contributed by atoms with Crippen LogP contribution in [0.1, 0.15) is 176 Å². The van der Waals surface area contributed by atoms with Crippen LogP contribution >= 0.6 is 0 Å². The first-order valence-electron chi connectivity index (χ1n) is 41.5. The molecular weight excluding hydrogens is 1720 g/mol. The maximum Gasteiger partial charge on any atom is 0.252 e. The summed E-state index contributed by atoms with van der Waals surface area (Å²) < 4.78 is 116. The summed E-state index contributed by atoms with van der Waals surface area (Å²) in [6, 6.07) is 38.9. The molecule has 8 aliphatic heterocycles. The number of piperidine rings is 2. The van der Waals surface area contributed by atoms with Crippen LogP contribution < -0.4 is 74.0 Å². The Labute approximate surface area is 749 Å². The van der Waals surface area contributed by atoms with E-state index in [-0.39, 0.29) is 97.8 Å². The van der Waals surface area contributed by atoms with E-state index in [2.05, 4.69) is 37.1 Å². The number of primary amides is 3. The third-order valence-corrected chi connectivity index (χ3v) is 23.7. The van der Waals surface area contributed by atoms with Crippen molar-refractivity contribution in [2.24, 2.45) is 17.2 Å². The number of nitrogens with two attached hydrogens (primary N) is 3. The summed E-state index contributed by atoms with van der Waals surface area (Å²) in [6.45, 7) is 7.12. The number of rotatable bonds is 17. The first-order chi connectivity index (χ1) is 62.5. The Morgan fingerprint density at radius 1 is 0.431 bits per heavy atom. The highest BCUT2D eigenvalue weighted by Crippen LogP contribution is 2.45. The number of likely N-dealkylation sites (tertiary alicyclic amines) is 3. The normalized spacial score (nSPS) is 19.1. The number of nitrogens with zero attached hydrogens (tertiary/aromatic N) is 10. The van der Waals surface area contributed by atoms with Crippen LogP contribution in [-0.2, 0) is 45.6 Å². The van der Waals surface area contributed by atoms with Gasteiger partial charge in [0.25, 0.3) is 17.7 Å². The van der Waals surface area contributed by atoms with Gasteiger partial charge in [-0.25, -0.2) is 16.8 Å². The molecule has 3 saturated heterocycles. The van der Waals surface area contributed by atoms with E-state index in [1.165, 1.54) is 24.9 Å². The van der Waals surface area contributed by atoms with Gasteiger partial charge in [-0.05, 0) is 127 Å². The molecule has 35 nitrogen and oxygen atoms in total. The van der Waals surface area contributed by atoms with Gasteiger partial charge in [-0.3, -0.25) is 53.7 Å². The Morgan fingerprint density at radius 2 is 0.777 bits per heavy atom. The molecule has 13 heterocycles. The van der Waals surface area contributed by atoms with Crippen LogP contribution in [0.3, 0.4) is 0 Å². The molecular formula is C93H93N13O22S2. The molecule has 3 fully saturated rings. The van der Waals surface area contributed by atoms with Crippen molar-refractivity contribution in [1.82, 2.24) is 39.6 Å². The van der Waals surface area contributed by atoms with E-state index in [1.807, 2.05) is 30.1 Å². The first-order valence-corrected chi connectivity index (χ1v) is 45.6. The SMILES string of the molecule is CC(=O)N1CCC(Oc2cncc(C3COc4c(C#N)cccc4O3)c2)CC1.CC(=O)N1CCC[C@@H](Oc2cncc(C3COc4c(cccc4C(N)=O)O3)c2)C1.CN1C(=O)CCC1c1cncc(C2COc3c(cccc3C(N)=O)O2)c1.CS(=O)(=O)Cc1cncc(C2COc3c(C#N)cccc3O2)c1.CS(=O)(=O)Cc1cncc(C2COc3c(cccc3C(N)=O)O2)c1. The fourth-order valence-electron chi connectivity index (χ4n) is 15.6. The highest BCUT2D eigenvalue weighted by molar-refractivity contribution is 7.90. The van der Waals surface area contributed by atoms with Crippen molar-refractivity contribution in [3.8, 4) is 81.1 Å². The molecule has 674 valence electrons. The van der Waals surface area contributed by atoms with Gasteiger partial charge in [0.2, 0.25) is 17.7 Å². The molecule has 8 aliphatic rings. The molecule has 0 aliphatic carbocycles. The number of hydrogen-bond acceptors (Lipinski definition) is 29. The van der Waals surface area contributed by atoms with E-state index in [0.717, 1.165) is 66.5 Å². The fourth-order valence-corrected chi connectivity index (χ4v) is 17.1. The number of aromatic nitrogens is 5. The molecule has 0 spiro atoms. The molecule has 5 aromatic heterocycles. The van der Waals surface area contributed by atoms with E-state index in [0.29, 0.717) is 141 Å². The molecule has 7 atom stereocenters. The summed E-state index contributed by atoms with van der Waals surface area (Å²) in [5.74, 6) is 4.13. The summed E-state index contributed by atoms with van der Waals surface area (Å²) in [5.41, 5.74) is 24.0. The Bertz CT molecular complexity index is 6250. The number of amides is 6. The predicted octanol–water partition coefficient (Wildman–Crippen LogP) is 10.2. The highest BCUT2D eigenvalue weighted by atomic mass is 32.2. The molecule has 0 saturated carbocycles. The van der Waals surface area contributed by atoms with E-state index >= 15 is 0 Å². The number of sulfone groups is 2.